The number of anilines is 1. The summed E-state index contributed by atoms with van der Waals surface area (Å²) in [6.07, 6.45) is 2.42. The van der Waals surface area contributed by atoms with Gasteiger partial charge in [0.1, 0.15) is 30.5 Å². The molecule has 0 radical (unpaired) electrons. The van der Waals surface area contributed by atoms with Crippen molar-refractivity contribution in [3.8, 4) is 17.0 Å². The lowest BCUT2D eigenvalue weighted by Gasteiger charge is -2.19. The predicted octanol–water partition coefficient (Wildman–Crippen LogP) is 4.73. The van der Waals surface area contributed by atoms with Gasteiger partial charge in [0.2, 0.25) is 0 Å². The van der Waals surface area contributed by atoms with Crippen LogP contribution in [0.25, 0.3) is 11.3 Å². The molecule has 0 aliphatic rings. The van der Waals surface area contributed by atoms with Gasteiger partial charge in [-0.1, -0.05) is 60.7 Å². The van der Waals surface area contributed by atoms with E-state index in [9.17, 15) is 9.59 Å². The lowest BCUT2D eigenvalue weighted by Crippen LogP contribution is -2.33. The number of rotatable bonds is 10. The molecule has 35 heavy (non-hydrogen) atoms. The molecule has 176 valence electrons. The zero-order valence-electron chi connectivity index (χ0n) is 19.3. The minimum absolute atomic E-state index is 0.257. The van der Waals surface area contributed by atoms with E-state index in [0.717, 1.165) is 16.7 Å². The SMILES string of the molecule is COC(=O)C(Cc1ccccc1)Nc1ncnc(-c2ccc(OCc3ccccc3)cc2)c1C=O. The molecule has 0 saturated heterocycles. The van der Waals surface area contributed by atoms with Crippen molar-refractivity contribution in [3.05, 3.63) is 108 Å². The van der Waals surface area contributed by atoms with Crippen LogP contribution in [0.15, 0.2) is 91.3 Å². The van der Waals surface area contributed by atoms with Crippen LogP contribution in [0.1, 0.15) is 21.5 Å². The van der Waals surface area contributed by atoms with Crippen LogP contribution >= 0.6 is 0 Å². The molecule has 4 aromatic rings. The van der Waals surface area contributed by atoms with E-state index in [0.29, 0.717) is 30.8 Å². The quantitative estimate of drug-likeness (QED) is 0.266. The Morgan fingerprint density at radius 2 is 1.57 bits per heavy atom. The number of ether oxygens (including phenoxy) is 2. The molecule has 1 unspecified atom stereocenters. The van der Waals surface area contributed by atoms with Crippen LogP contribution in [0.4, 0.5) is 5.82 Å². The number of hydrogen-bond acceptors (Lipinski definition) is 7. The predicted molar refractivity (Wildman–Crippen MR) is 133 cm³/mol. The van der Waals surface area contributed by atoms with Crippen molar-refractivity contribution in [3.63, 3.8) is 0 Å². The Hall–Kier alpha value is -4.52. The molecule has 7 heteroatoms. The van der Waals surface area contributed by atoms with Crippen LogP contribution in [-0.4, -0.2) is 35.4 Å². The largest absolute Gasteiger partial charge is 0.489 e. The Labute approximate surface area is 203 Å². The van der Waals surface area contributed by atoms with Gasteiger partial charge in [-0.25, -0.2) is 14.8 Å². The second-order valence-electron chi connectivity index (χ2n) is 7.81. The third-order valence-electron chi connectivity index (χ3n) is 5.46. The maximum atomic E-state index is 12.4. The first kappa shape index (κ1) is 23.6. The van der Waals surface area contributed by atoms with Crippen molar-refractivity contribution < 1.29 is 19.1 Å². The number of esters is 1. The summed E-state index contributed by atoms with van der Waals surface area (Å²) in [7, 11) is 1.33. The Kier molecular flexibility index (Phi) is 7.81. The van der Waals surface area contributed by atoms with Crippen molar-refractivity contribution in [1.29, 1.82) is 0 Å². The van der Waals surface area contributed by atoms with Gasteiger partial charge in [0.05, 0.1) is 18.4 Å². The van der Waals surface area contributed by atoms with Crippen LogP contribution in [0.3, 0.4) is 0 Å². The monoisotopic (exact) mass is 467 g/mol. The smallest absolute Gasteiger partial charge is 0.328 e. The Bertz CT molecular complexity index is 1260. The zero-order chi connectivity index (χ0) is 24.5. The molecule has 1 heterocycles. The highest BCUT2D eigenvalue weighted by Gasteiger charge is 2.23. The number of nitrogens with zero attached hydrogens (tertiary/aromatic N) is 2. The summed E-state index contributed by atoms with van der Waals surface area (Å²) in [4.78, 5) is 33.1. The van der Waals surface area contributed by atoms with Crippen LogP contribution < -0.4 is 10.1 Å². The number of aromatic nitrogens is 2. The third-order valence-corrected chi connectivity index (χ3v) is 5.46. The van der Waals surface area contributed by atoms with E-state index in [-0.39, 0.29) is 11.4 Å². The van der Waals surface area contributed by atoms with Gasteiger partial charge in [-0.2, -0.15) is 0 Å². The van der Waals surface area contributed by atoms with E-state index in [1.807, 2.05) is 84.9 Å². The summed E-state index contributed by atoms with van der Waals surface area (Å²) in [5.41, 5.74) is 3.45. The van der Waals surface area contributed by atoms with Gasteiger partial charge in [0.15, 0.2) is 6.29 Å². The van der Waals surface area contributed by atoms with Crippen molar-refractivity contribution in [2.24, 2.45) is 0 Å². The van der Waals surface area contributed by atoms with E-state index in [4.69, 9.17) is 9.47 Å². The van der Waals surface area contributed by atoms with Gasteiger partial charge < -0.3 is 14.8 Å². The number of carbonyl (C=O) groups excluding carboxylic acids is 2. The minimum Gasteiger partial charge on any atom is -0.489 e. The molecule has 1 atom stereocenters. The van der Waals surface area contributed by atoms with E-state index >= 15 is 0 Å². The second kappa shape index (κ2) is 11.6. The average Bonchev–Trinajstić information content (AvgIpc) is 2.92. The van der Waals surface area contributed by atoms with Crippen molar-refractivity contribution in [1.82, 2.24) is 9.97 Å². The van der Waals surface area contributed by atoms with E-state index in [1.165, 1.54) is 13.4 Å². The van der Waals surface area contributed by atoms with Gasteiger partial charge >= 0.3 is 5.97 Å². The fourth-order valence-electron chi connectivity index (χ4n) is 3.65. The second-order valence-corrected chi connectivity index (χ2v) is 7.81. The molecule has 0 spiro atoms. The van der Waals surface area contributed by atoms with Crippen molar-refractivity contribution in [2.75, 3.05) is 12.4 Å². The molecule has 0 aliphatic heterocycles. The topological polar surface area (TPSA) is 90.4 Å². The normalized spacial score (nSPS) is 11.3. The highest BCUT2D eigenvalue weighted by atomic mass is 16.5. The maximum Gasteiger partial charge on any atom is 0.328 e. The Morgan fingerprint density at radius 3 is 2.20 bits per heavy atom. The lowest BCUT2D eigenvalue weighted by molar-refractivity contribution is -0.141. The number of benzene rings is 3. The fraction of sp³-hybridized carbons (Fsp3) is 0.143. The van der Waals surface area contributed by atoms with E-state index in [1.54, 1.807) is 0 Å². The summed E-state index contributed by atoms with van der Waals surface area (Å²) in [5, 5.41) is 3.08. The standard InChI is InChI=1S/C28H25N3O4/c1-34-28(33)25(16-20-8-4-2-5-9-20)31-27-24(17-32)26(29-19-30-27)22-12-14-23(15-13-22)35-18-21-10-6-3-7-11-21/h2-15,17,19,25H,16,18H2,1H3,(H,29,30,31). The molecule has 0 amide bonds. The first-order valence-electron chi connectivity index (χ1n) is 11.1. The summed E-state index contributed by atoms with van der Waals surface area (Å²) in [6, 6.07) is 26.0. The molecular weight excluding hydrogens is 442 g/mol. The van der Waals surface area contributed by atoms with Gasteiger partial charge in [-0.3, -0.25) is 4.79 Å². The summed E-state index contributed by atoms with van der Waals surface area (Å²) in [6.45, 7) is 0.456. The van der Waals surface area contributed by atoms with Crippen LogP contribution in [0.2, 0.25) is 0 Å². The number of carbonyl (C=O) groups is 2. The van der Waals surface area contributed by atoms with Crippen LogP contribution in [0.5, 0.6) is 5.75 Å². The van der Waals surface area contributed by atoms with Gasteiger partial charge in [-0.15, -0.1) is 0 Å². The number of aldehydes is 1. The average molecular weight is 468 g/mol. The first-order chi connectivity index (χ1) is 17.2. The Balaban J connectivity index is 1.54. The molecule has 3 aromatic carbocycles. The summed E-state index contributed by atoms with van der Waals surface area (Å²) in [5.74, 6) is 0.512. The third kappa shape index (κ3) is 6.09. The number of methoxy groups -OCH3 is 1. The molecule has 1 aromatic heterocycles. The van der Waals surface area contributed by atoms with Crippen LogP contribution in [-0.2, 0) is 22.6 Å². The highest BCUT2D eigenvalue weighted by Crippen LogP contribution is 2.27. The van der Waals surface area contributed by atoms with Gasteiger partial charge in [-0.05, 0) is 35.4 Å². The van der Waals surface area contributed by atoms with Gasteiger partial charge in [0, 0.05) is 12.0 Å². The molecule has 0 bridgehead atoms. The van der Waals surface area contributed by atoms with E-state index < -0.39 is 12.0 Å². The molecule has 0 aliphatic carbocycles. The van der Waals surface area contributed by atoms with Crippen LogP contribution in [0, 0.1) is 0 Å². The highest BCUT2D eigenvalue weighted by molar-refractivity contribution is 5.92. The molecule has 0 saturated carbocycles. The molecule has 1 N–H and O–H groups in total. The first-order valence-corrected chi connectivity index (χ1v) is 11.1. The fourth-order valence-corrected chi connectivity index (χ4v) is 3.65. The van der Waals surface area contributed by atoms with Crippen molar-refractivity contribution in [2.45, 2.75) is 19.1 Å². The zero-order valence-corrected chi connectivity index (χ0v) is 19.3. The molecule has 7 nitrogen and oxygen atoms in total. The number of nitrogens with one attached hydrogen (secondary N) is 1. The summed E-state index contributed by atoms with van der Waals surface area (Å²) < 4.78 is 10.8. The molecule has 4 rings (SSSR count). The van der Waals surface area contributed by atoms with Crippen molar-refractivity contribution >= 4 is 18.1 Å². The molecule has 0 fully saturated rings. The van der Waals surface area contributed by atoms with Gasteiger partial charge in [0.25, 0.3) is 0 Å². The number of hydrogen-bond donors (Lipinski definition) is 1. The minimum atomic E-state index is -0.724. The lowest BCUT2D eigenvalue weighted by atomic mass is 10.0. The summed E-state index contributed by atoms with van der Waals surface area (Å²) >= 11 is 0. The Morgan fingerprint density at radius 1 is 0.914 bits per heavy atom. The maximum absolute atomic E-state index is 12.4. The van der Waals surface area contributed by atoms with E-state index in [2.05, 4.69) is 15.3 Å². The molecular formula is C28H25N3O4.